The minimum absolute atomic E-state index is 0.123. The Kier molecular flexibility index (Phi) is 6.74. The van der Waals surface area contributed by atoms with Crippen LogP contribution in [-0.2, 0) is 26.8 Å². The number of hydrogen-bond donors (Lipinski definition) is 1. The van der Waals surface area contributed by atoms with Crippen LogP contribution in [0.2, 0.25) is 0 Å². The van der Waals surface area contributed by atoms with Crippen LogP contribution in [0.25, 0.3) is 0 Å². The van der Waals surface area contributed by atoms with Crippen molar-refractivity contribution >= 4 is 27.3 Å². The summed E-state index contributed by atoms with van der Waals surface area (Å²) < 4.78 is 29.7. The number of nitrogens with zero attached hydrogens (tertiary/aromatic N) is 2. The van der Waals surface area contributed by atoms with Crippen molar-refractivity contribution < 1.29 is 17.6 Å². The summed E-state index contributed by atoms with van der Waals surface area (Å²) in [4.78, 5) is 11.2. The number of aryl methyl sites for hydroxylation is 1. The van der Waals surface area contributed by atoms with Crippen LogP contribution in [0.3, 0.4) is 0 Å². The molecule has 0 aliphatic rings. The summed E-state index contributed by atoms with van der Waals surface area (Å²) in [5, 5.41) is 9.68. The summed E-state index contributed by atoms with van der Waals surface area (Å²) in [5.74, 6) is 0.192. The highest BCUT2D eigenvalue weighted by molar-refractivity contribution is 7.90. The molecule has 1 heterocycles. The van der Waals surface area contributed by atoms with E-state index in [2.05, 4.69) is 15.5 Å². The highest BCUT2D eigenvalue weighted by Gasteiger charge is 2.22. The molecule has 0 saturated carbocycles. The van der Waals surface area contributed by atoms with Gasteiger partial charge < -0.3 is 9.73 Å². The van der Waals surface area contributed by atoms with E-state index in [1.807, 2.05) is 6.07 Å². The number of sulfone groups is 1. The molecular formula is C15H18ClN3O4S. The van der Waals surface area contributed by atoms with Crippen molar-refractivity contribution in [2.45, 2.75) is 30.2 Å². The van der Waals surface area contributed by atoms with Crippen molar-refractivity contribution in [3.8, 4) is 0 Å². The predicted molar refractivity (Wildman–Crippen MR) is 88.3 cm³/mol. The molecule has 24 heavy (non-hydrogen) atoms. The van der Waals surface area contributed by atoms with E-state index in [1.165, 1.54) is 0 Å². The zero-order valence-electron chi connectivity index (χ0n) is 12.9. The van der Waals surface area contributed by atoms with Gasteiger partial charge in [0.25, 0.3) is 0 Å². The van der Waals surface area contributed by atoms with Crippen LogP contribution in [0.15, 0.2) is 40.0 Å². The molecule has 0 bridgehead atoms. The Morgan fingerprint density at radius 2 is 1.96 bits per heavy atom. The van der Waals surface area contributed by atoms with Gasteiger partial charge in [-0.25, -0.2) is 8.42 Å². The summed E-state index contributed by atoms with van der Waals surface area (Å²) in [6, 6.07) is 8.79. The number of halogens is 1. The largest absolute Gasteiger partial charge is 0.413 e. The van der Waals surface area contributed by atoms with Gasteiger partial charge in [0.15, 0.2) is 0 Å². The molecular weight excluding hydrogens is 354 g/mol. The number of hydrogen-bond acceptors (Lipinski definition) is 6. The van der Waals surface area contributed by atoms with E-state index < -0.39 is 9.84 Å². The number of nitrogens with one attached hydrogen (secondary N) is 1. The lowest BCUT2D eigenvalue weighted by Gasteiger charge is -2.01. The molecule has 0 spiro atoms. The maximum absolute atomic E-state index is 12.2. The van der Waals surface area contributed by atoms with Gasteiger partial charge in [-0.15, -0.1) is 16.7 Å². The molecule has 2 rings (SSSR count). The summed E-state index contributed by atoms with van der Waals surface area (Å²) in [6.45, 7) is 0.435. The van der Waals surface area contributed by atoms with Crippen LogP contribution in [0, 0.1) is 0 Å². The molecule has 0 aliphatic heterocycles. The topological polar surface area (TPSA) is 102 Å². The molecule has 0 atom stereocenters. The van der Waals surface area contributed by atoms with Gasteiger partial charge in [0.2, 0.25) is 21.6 Å². The molecule has 0 unspecified atom stereocenters. The molecule has 0 radical (unpaired) electrons. The van der Waals surface area contributed by atoms with Gasteiger partial charge in [-0.05, 0) is 12.0 Å². The molecule has 0 fully saturated rings. The van der Waals surface area contributed by atoms with Crippen LogP contribution in [0.4, 0.5) is 0 Å². The number of rotatable bonds is 9. The Bertz CT molecular complexity index is 762. The Labute approximate surface area is 145 Å². The monoisotopic (exact) mass is 371 g/mol. The standard InChI is InChI=1S/C15H18ClN3O4S/c16-9-8-13(20)17-10-4-7-14-18-19-15(23-14)24(21,22)11-12-5-2-1-3-6-12/h1-3,5-6H,4,7-11H2,(H,17,20). The Balaban J connectivity index is 1.87. The second-order valence-electron chi connectivity index (χ2n) is 5.10. The van der Waals surface area contributed by atoms with Gasteiger partial charge in [-0.2, -0.15) is 0 Å². The fourth-order valence-electron chi connectivity index (χ4n) is 1.96. The average Bonchev–Trinajstić information content (AvgIpc) is 3.02. The van der Waals surface area contributed by atoms with Gasteiger partial charge in [0.1, 0.15) is 0 Å². The predicted octanol–water partition coefficient (Wildman–Crippen LogP) is 1.72. The Morgan fingerprint density at radius 1 is 1.21 bits per heavy atom. The number of amides is 1. The maximum atomic E-state index is 12.2. The summed E-state index contributed by atoms with van der Waals surface area (Å²) >= 11 is 5.46. The first-order valence-electron chi connectivity index (χ1n) is 7.43. The minimum atomic E-state index is -3.67. The number of carbonyl (C=O) groups excluding carboxylic acids is 1. The normalized spacial score (nSPS) is 11.4. The van der Waals surface area contributed by atoms with E-state index >= 15 is 0 Å². The van der Waals surface area contributed by atoms with Crippen molar-refractivity contribution in [2.75, 3.05) is 12.4 Å². The zero-order valence-corrected chi connectivity index (χ0v) is 14.5. The number of carbonyl (C=O) groups is 1. The van der Waals surface area contributed by atoms with Crippen molar-refractivity contribution in [1.82, 2.24) is 15.5 Å². The van der Waals surface area contributed by atoms with Crippen LogP contribution < -0.4 is 5.32 Å². The lowest BCUT2D eigenvalue weighted by Crippen LogP contribution is -2.24. The lowest BCUT2D eigenvalue weighted by atomic mass is 10.2. The molecule has 130 valence electrons. The maximum Gasteiger partial charge on any atom is 0.335 e. The highest BCUT2D eigenvalue weighted by Crippen LogP contribution is 2.15. The van der Waals surface area contributed by atoms with E-state index in [4.69, 9.17) is 16.0 Å². The van der Waals surface area contributed by atoms with Gasteiger partial charge >= 0.3 is 5.22 Å². The fourth-order valence-corrected chi connectivity index (χ4v) is 3.28. The smallest absolute Gasteiger partial charge is 0.335 e. The zero-order chi connectivity index (χ0) is 17.4. The van der Waals surface area contributed by atoms with Gasteiger partial charge in [0.05, 0.1) is 5.75 Å². The second-order valence-corrected chi connectivity index (χ2v) is 7.34. The molecule has 1 aromatic heterocycles. The first kappa shape index (κ1) is 18.4. The molecule has 0 saturated heterocycles. The quantitative estimate of drug-likeness (QED) is 0.532. The Morgan fingerprint density at radius 3 is 2.67 bits per heavy atom. The first-order chi connectivity index (χ1) is 11.5. The van der Waals surface area contributed by atoms with E-state index in [9.17, 15) is 13.2 Å². The van der Waals surface area contributed by atoms with Crippen molar-refractivity contribution in [3.63, 3.8) is 0 Å². The van der Waals surface area contributed by atoms with Gasteiger partial charge in [-0.3, -0.25) is 4.79 Å². The minimum Gasteiger partial charge on any atom is -0.413 e. The summed E-state index contributed by atoms with van der Waals surface area (Å²) in [7, 11) is -3.67. The van der Waals surface area contributed by atoms with E-state index in [1.54, 1.807) is 24.3 Å². The third kappa shape index (κ3) is 5.61. The average molecular weight is 372 g/mol. The summed E-state index contributed by atoms with van der Waals surface area (Å²) in [5.41, 5.74) is 0.652. The third-order valence-corrected chi connectivity index (χ3v) is 4.72. The molecule has 2 aromatic rings. The first-order valence-corrected chi connectivity index (χ1v) is 9.61. The molecule has 7 nitrogen and oxygen atoms in total. The van der Waals surface area contributed by atoms with Crippen LogP contribution in [0.1, 0.15) is 24.3 Å². The van der Waals surface area contributed by atoms with Crippen molar-refractivity contribution in [3.05, 3.63) is 41.8 Å². The van der Waals surface area contributed by atoms with Gasteiger partial charge in [0, 0.05) is 25.3 Å². The molecule has 1 amide bonds. The molecule has 0 aliphatic carbocycles. The van der Waals surface area contributed by atoms with Crippen LogP contribution >= 0.6 is 11.6 Å². The van der Waals surface area contributed by atoms with Crippen molar-refractivity contribution in [1.29, 1.82) is 0 Å². The third-order valence-electron chi connectivity index (χ3n) is 3.13. The van der Waals surface area contributed by atoms with E-state index in [0.717, 1.165) is 0 Å². The number of alkyl halides is 1. The van der Waals surface area contributed by atoms with E-state index in [0.29, 0.717) is 24.9 Å². The Hall–Kier alpha value is -1.93. The lowest BCUT2D eigenvalue weighted by molar-refractivity contribution is -0.120. The molecule has 9 heteroatoms. The molecule has 1 N–H and O–H groups in total. The van der Waals surface area contributed by atoms with Gasteiger partial charge in [-0.1, -0.05) is 35.4 Å². The van der Waals surface area contributed by atoms with Crippen LogP contribution in [-0.4, -0.2) is 36.9 Å². The second kappa shape index (κ2) is 8.79. The SMILES string of the molecule is O=C(CCCl)NCCCc1nnc(S(=O)(=O)Cc2ccccc2)o1. The highest BCUT2D eigenvalue weighted by atomic mass is 35.5. The van der Waals surface area contributed by atoms with Crippen molar-refractivity contribution in [2.24, 2.45) is 0 Å². The van der Waals surface area contributed by atoms with E-state index in [-0.39, 0.29) is 35.1 Å². The van der Waals surface area contributed by atoms with Crippen LogP contribution in [0.5, 0.6) is 0 Å². The summed E-state index contributed by atoms with van der Waals surface area (Å²) in [6.07, 6.45) is 1.22. The fraction of sp³-hybridized carbons (Fsp3) is 0.400. The number of benzene rings is 1. The molecule has 1 aromatic carbocycles. The number of aromatic nitrogens is 2.